The van der Waals surface area contributed by atoms with E-state index >= 15 is 0 Å². The molecular formula is C24H26Cl2N4O3. The summed E-state index contributed by atoms with van der Waals surface area (Å²) in [6.07, 6.45) is 0. The third-order valence-electron chi connectivity index (χ3n) is 6.15. The molecule has 33 heavy (non-hydrogen) atoms. The summed E-state index contributed by atoms with van der Waals surface area (Å²) in [5, 5.41) is 4.81. The Morgan fingerprint density at radius 2 is 1.73 bits per heavy atom. The minimum Gasteiger partial charge on any atom is -0.464 e. The van der Waals surface area contributed by atoms with Crippen molar-refractivity contribution in [3.8, 4) is 0 Å². The normalized spacial score (nSPS) is 15.5. The molecule has 0 bridgehead atoms. The fourth-order valence-corrected chi connectivity index (χ4v) is 4.55. The number of benzene rings is 2. The second-order valence-corrected chi connectivity index (χ2v) is 9.05. The maximum absolute atomic E-state index is 13.2. The lowest BCUT2D eigenvalue weighted by atomic mass is 10.1. The maximum atomic E-state index is 13.2. The predicted octanol–water partition coefficient (Wildman–Crippen LogP) is 4.72. The van der Waals surface area contributed by atoms with Crippen molar-refractivity contribution in [3.63, 3.8) is 0 Å². The van der Waals surface area contributed by atoms with Crippen molar-refractivity contribution in [2.24, 2.45) is 0 Å². The van der Waals surface area contributed by atoms with Crippen LogP contribution in [-0.2, 0) is 9.53 Å². The summed E-state index contributed by atoms with van der Waals surface area (Å²) in [6.45, 7) is 6.97. The van der Waals surface area contributed by atoms with E-state index in [4.69, 9.17) is 27.9 Å². The molecule has 0 radical (unpaired) electrons. The summed E-state index contributed by atoms with van der Waals surface area (Å²) >= 11 is 12.3. The molecule has 1 aliphatic rings. The summed E-state index contributed by atoms with van der Waals surface area (Å²) in [4.78, 5) is 32.9. The number of halogens is 2. The highest BCUT2D eigenvalue weighted by molar-refractivity contribution is 6.32. The number of carbonyl (C=O) groups is 2. The van der Waals surface area contributed by atoms with Gasteiger partial charge in [0.15, 0.2) is 0 Å². The highest BCUT2D eigenvalue weighted by atomic mass is 35.5. The monoisotopic (exact) mass is 488 g/mol. The summed E-state index contributed by atoms with van der Waals surface area (Å²) in [6, 6.07) is 10.7. The molecule has 2 heterocycles. The van der Waals surface area contributed by atoms with E-state index in [1.807, 2.05) is 25.1 Å². The van der Waals surface area contributed by atoms with Gasteiger partial charge in [0.05, 0.1) is 18.8 Å². The number of nitrogens with one attached hydrogen (secondary N) is 2. The Bertz CT molecular complexity index is 1200. The molecule has 174 valence electrons. The molecule has 1 aromatic heterocycles. The number of piperazine rings is 1. The highest BCUT2D eigenvalue weighted by Gasteiger charge is 2.28. The maximum Gasteiger partial charge on any atom is 0.356 e. The standard InChI is InChI=1S/C24H26Cl2N4O3/c1-14-4-5-17(26)13-20(14)30-10-8-29(9-11-30)15(2)23(31)28-21-18-12-16(25)6-7-19(18)27-22(21)24(32)33-3/h4-7,12-13,15,27H,8-11H2,1-3H3,(H,28,31). The minimum absolute atomic E-state index is 0.191. The van der Waals surface area contributed by atoms with Crippen molar-refractivity contribution in [1.82, 2.24) is 9.88 Å². The van der Waals surface area contributed by atoms with Gasteiger partial charge in [-0.1, -0.05) is 29.3 Å². The molecule has 9 heteroatoms. The number of methoxy groups -OCH3 is 1. The average Bonchev–Trinajstić information content (AvgIpc) is 3.17. The summed E-state index contributed by atoms with van der Waals surface area (Å²) in [7, 11) is 1.30. The smallest absolute Gasteiger partial charge is 0.356 e. The number of nitrogens with zero attached hydrogens (tertiary/aromatic N) is 2. The van der Waals surface area contributed by atoms with E-state index in [-0.39, 0.29) is 17.6 Å². The number of fused-ring (bicyclic) bond motifs is 1. The van der Waals surface area contributed by atoms with E-state index < -0.39 is 5.97 Å². The first-order chi connectivity index (χ1) is 15.8. The van der Waals surface area contributed by atoms with Gasteiger partial charge >= 0.3 is 5.97 Å². The summed E-state index contributed by atoms with van der Waals surface area (Å²) in [5.41, 5.74) is 3.55. The second-order valence-electron chi connectivity index (χ2n) is 8.18. The third kappa shape index (κ3) is 4.81. The summed E-state index contributed by atoms with van der Waals surface area (Å²) in [5.74, 6) is -0.760. The van der Waals surface area contributed by atoms with E-state index in [0.29, 0.717) is 26.6 Å². The molecule has 1 aliphatic heterocycles. The van der Waals surface area contributed by atoms with Gasteiger partial charge in [-0.2, -0.15) is 0 Å². The number of aromatic amines is 1. The molecule has 1 saturated heterocycles. The Hall–Kier alpha value is -2.74. The first-order valence-electron chi connectivity index (χ1n) is 10.7. The van der Waals surface area contributed by atoms with Crippen LogP contribution in [0, 0.1) is 6.92 Å². The first kappa shape index (κ1) is 23.4. The molecule has 7 nitrogen and oxygen atoms in total. The van der Waals surface area contributed by atoms with Crippen LogP contribution in [0.3, 0.4) is 0 Å². The van der Waals surface area contributed by atoms with E-state index in [1.54, 1.807) is 18.2 Å². The van der Waals surface area contributed by atoms with Gasteiger partial charge in [-0.25, -0.2) is 4.79 Å². The van der Waals surface area contributed by atoms with Crippen LogP contribution in [0.4, 0.5) is 11.4 Å². The Morgan fingerprint density at radius 3 is 2.42 bits per heavy atom. The van der Waals surface area contributed by atoms with E-state index in [2.05, 4.69) is 27.0 Å². The number of ether oxygens (including phenoxy) is 1. The molecule has 1 fully saturated rings. The molecule has 0 saturated carbocycles. The van der Waals surface area contributed by atoms with Crippen molar-refractivity contribution in [2.45, 2.75) is 19.9 Å². The fourth-order valence-electron chi connectivity index (χ4n) is 4.22. The van der Waals surface area contributed by atoms with Crippen LogP contribution in [0.15, 0.2) is 36.4 Å². The number of amides is 1. The predicted molar refractivity (Wildman–Crippen MR) is 133 cm³/mol. The van der Waals surface area contributed by atoms with Gasteiger partial charge in [0.2, 0.25) is 5.91 Å². The van der Waals surface area contributed by atoms with Crippen molar-refractivity contribution >= 4 is 57.4 Å². The number of anilines is 2. The van der Waals surface area contributed by atoms with Gasteiger partial charge in [-0.05, 0) is 49.7 Å². The van der Waals surface area contributed by atoms with Gasteiger partial charge in [0, 0.05) is 52.8 Å². The molecule has 3 aromatic rings. The van der Waals surface area contributed by atoms with Gasteiger partial charge in [0.25, 0.3) is 0 Å². The molecule has 2 N–H and O–H groups in total. The van der Waals surface area contributed by atoms with Crippen LogP contribution in [0.5, 0.6) is 0 Å². The SMILES string of the molecule is COC(=O)c1[nH]c2ccc(Cl)cc2c1NC(=O)C(C)N1CCN(c2cc(Cl)ccc2C)CC1. The number of aromatic nitrogens is 1. The quantitative estimate of drug-likeness (QED) is 0.508. The zero-order chi connectivity index (χ0) is 23.7. The Labute approximate surface area is 202 Å². The topological polar surface area (TPSA) is 77.7 Å². The van der Waals surface area contributed by atoms with Crippen LogP contribution in [0.2, 0.25) is 10.0 Å². The third-order valence-corrected chi connectivity index (χ3v) is 6.62. The molecule has 1 amide bonds. The molecule has 1 atom stereocenters. The van der Waals surface area contributed by atoms with Crippen molar-refractivity contribution < 1.29 is 14.3 Å². The molecule has 2 aromatic carbocycles. The number of hydrogen-bond acceptors (Lipinski definition) is 5. The number of esters is 1. The minimum atomic E-state index is -0.559. The van der Waals surface area contributed by atoms with E-state index in [1.165, 1.54) is 12.7 Å². The second kappa shape index (κ2) is 9.63. The Kier molecular flexibility index (Phi) is 6.83. The molecule has 4 rings (SSSR count). The first-order valence-corrected chi connectivity index (χ1v) is 11.5. The molecule has 1 unspecified atom stereocenters. The number of rotatable bonds is 5. The number of hydrogen-bond donors (Lipinski definition) is 2. The number of aryl methyl sites for hydroxylation is 1. The van der Waals surface area contributed by atoms with E-state index in [9.17, 15) is 9.59 Å². The number of H-pyrrole nitrogens is 1. The number of carbonyl (C=O) groups excluding carboxylic acids is 2. The molecule has 0 spiro atoms. The lowest BCUT2D eigenvalue weighted by Crippen LogP contribution is -2.53. The van der Waals surface area contributed by atoms with Crippen molar-refractivity contribution in [1.29, 1.82) is 0 Å². The van der Waals surface area contributed by atoms with Crippen LogP contribution in [-0.4, -0.2) is 61.1 Å². The lowest BCUT2D eigenvalue weighted by molar-refractivity contribution is -0.120. The van der Waals surface area contributed by atoms with Gasteiger partial charge in [-0.3, -0.25) is 9.69 Å². The van der Waals surface area contributed by atoms with Crippen LogP contribution >= 0.6 is 23.2 Å². The Morgan fingerprint density at radius 1 is 1.06 bits per heavy atom. The Balaban J connectivity index is 1.48. The average molecular weight is 489 g/mol. The highest BCUT2D eigenvalue weighted by Crippen LogP contribution is 2.31. The lowest BCUT2D eigenvalue weighted by Gasteiger charge is -2.39. The fraction of sp³-hybridized carbons (Fsp3) is 0.333. The van der Waals surface area contributed by atoms with Crippen molar-refractivity contribution in [3.05, 3.63) is 57.7 Å². The zero-order valence-electron chi connectivity index (χ0n) is 18.7. The molecule has 0 aliphatic carbocycles. The van der Waals surface area contributed by atoms with E-state index in [0.717, 1.165) is 31.9 Å². The van der Waals surface area contributed by atoms with Crippen LogP contribution < -0.4 is 10.2 Å². The molecular weight excluding hydrogens is 463 g/mol. The van der Waals surface area contributed by atoms with Gasteiger partial charge in [-0.15, -0.1) is 0 Å². The van der Waals surface area contributed by atoms with Crippen molar-refractivity contribution in [2.75, 3.05) is 43.5 Å². The zero-order valence-corrected chi connectivity index (χ0v) is 20.3. The van der Waals surface area contributed by atoms with Gasteiger partial charge < -0.3 is 19.9 Å². The summed E-state index contributed by atoms with van der Waals surface area (Å²) < 4.78 is 4.89. The van der Waals surface area contributed by atoms with Crippen LogP contribution in [0.25, 0.3) is 10.9 Å². The van der Waals surface area contributed by atoms with Crippen LogP contribution in [0.1, 0.15) is 23.0 Å². The largest absolute Gasteiger partial charge is 0.464 e. The van der Waals surface area contributed by atoms with Gasteiger partial charge in [0.1, 0.15) is 5.69 Å².